The number of carbonyl (C=O) groups is 1. The molecule has 112 valence electrons. The maximum absolute atomic E-state index is 11.8. The van der Waals surface area contributed by atoms with Gasteiger partial charge in [-0.3, -0.25) is 4.79 Å². The van der Waals surface area contributed by atoms with Crippen molar-refractivity contribution in [2.45, 2.75) is 39.3 Å². The van der Waals surface area contributed by atoms with Crippen LogP contribution in [0.25, 0.3) is 0 Å². The highest BCUT2D eigenvalue weighted by Gasteiger charge is 2.05. The molecule has 0 heterocycles. The number of carbonyl (C=O) groups excluding carboxylic acids is 1. The molecule has 0 bridgehead atoms. The van der Waals surface area contributed by atoms with Gasteiger partial charge in [-0.15, -0.1) is 0 Å². The van der Waals surface area contributed by atoms with Crippen molar-refractivity contribution in [1.29, 1.82) is 0 Å². The van der Waals surface area contributed by atoms with E-state index >= 15 is 0 Å². The highest BCUT2D eigenvalue weighted by Crippen LogP contribution is 2.13. The second kappa shape index (κ2) is 8.02. The van der Waals surface area contributed by atoms with E-state index in [1.165, 1.54) is 0 Å². The largest absolute Gasteiger partial charge is 0.849 e. The van der Waals surface area contributed by atoms with Gasteiger partial charge in [0, 0.05) is 12.5 Å². The Balaban J connectivity index is 2.39. The molecule has 0 amide bonds. The van der Waals surface area contributed by atoms with Gasteiger partial charge in [-0.2, -0.15) is 0 Å². The van der Waals surface area contributed by atoms with Gasteiger partial charge >= 0.3 is 0 Å². The summed E-state index contributed by atoms with van der Waals surface area (Å²) in [5.74, 6) is 0.806. The average Bonchev–Trinajstić information content (AvgIpc) is 2.37. The summed E-state index contributed by atoms with van der Waals surface area (Å²) in [4.78, 5) is 13.0. The minimum atomic E-state index is -0.765. The van der Waals surface area contributed by atoms with Crippen LogP contribution < -0.4 is 9.84 Å². The Bertz CT molecular complexity index is 414. The van der Waals surface area contributed by atoms with Crippen molar-refractivity contribution in [3.05, 3.63) is 29.8 Å². The molecule has 1 rings (SSSR count). The lowest BCUT2D eigenvalue weighted by atomic mass is 10.1. The first-order valence-electron chi connectivity index (χ1n) is 6.95. The van der Waals surface area contributed by atoms with E-state index in [2.05, 4.69) is 13.8 Å². The van der Waals surface area contributed by atoms with E-state index in [1.807, 2.05) is 24.1 Å². The van der Waals surface area contributed by atoms with Crippen molar-refractivity contribution >= 4 is 5.78 Å². The second-order valence-electron chi connectivity index (χ2n) is 5.49. The molecule has 0 saturated carbocycles. The molecular weight excluding hydrogens is 254 g/mol. The first kappa shape index (κ1) is 16.7. The molecule has 4 heteroatoms. The van der Waals surface area contributed by atoms with Crippen LogP contribution in [0.2, 0.25) is 0 Å². The van der Waals surface area contributed by atoms with Crippen molar-refractivity contribution in [1.82, 2.24) is 4.90 Å². The Labute approximate surface area is 121 Å². The lowest BCUT2D eigenvalue weighted by molar-refractivity contribution is -0.425. The zero-order valence-corrected chi connectivity index (χ0v) is 12.8. The molecule has 20 heavy (non-hydrogen) atoms. The zero-order valence-electron chi connectivity index (χ0n) is 12.8. The number of likely N-dealkylation sites (N-methyl/N-ethyl adjacent to an activating group) is 1. The van der Waals surface area contributed by atoms with Crippen LogP contribution in [0.1, 0.15) is 26.3 Å². The summed E-state index contributed by atoms with van der Waals surface area (Å²) >= 11 is 0. The number of rotatable bonds is 8. The number of benzene rings is 1. The van der Waals surface area contributed by atoms with E-state index < -0.39 is 6.10 Å². The maximum Gasteiger partial charge on any atom is 0.134 e. The van der Waals surface area contributed by atoms with Crippen molar-refractivity contribution in [3.8, 4) is 5.75 Å². The van der Waals surface area contributed by atoms with Crippen LogP contribution in [0.4, 0.5) is 0 Å². The van der Waals surface area contributed by atoms with E-state index in [1.54, 1.807) is 19.1 Å². The van der Waals surface area contributed by atoms with E-state index in [9.17, 15) is 9.90 Å². The van der Waals surface area contributed by atoms with Crippen LogP contribution in [0.3, 0.4) is 0 Å². The molecule has 0 fully saturated rings. The maximum atomic E-state index is 11.8. The molecule has 0 spiro atoms. The fraction of sp³-hybridized carbons (Fsp3) is 0.562. The van der Waals surface area contributed by atoms with Gasteiger partial charge in [-0.05, 0) is 52.1 Å². The third kappa shape index (κ3) is 6.17. The third-order valence-electron chi connectivity index (χ3n) is 3.19. The predicted molar refractivity (Wildman–Crippen MR) is 77.9 cm³/mol. The van der Waals surface area contributed by atoms with Gasteiger partial charge in [0.05, 0.1) is 6.61 Å². The fourth-order valence-corrected chi connectivity index (χ4v) is 1.76. The molecule has 1 aromatic carbocycles. The fourth-order valence-electron chi connectivity index (χ4n) is 1.76. The van der Waals surface area contributed by atoms with Gasteiger partial charge in [0.15, 0.2) is 0 Å². The van der Waals surface area contributed by atoms with Crippen molar-refractivity contribution in [2.75, 3.05) is 20.2 Å². The van der Waals surface area contributed by atoms with E-state index in [0.29, 0.717) is 24.8 Å². The first-order valence-corrected chi connectivity index (χ1v) is 6.95. The third-order valence-corrected chi connectivity index (χ3v) is 3.19. The molecule has 0 radical (unpaired) electrons. The second-order valence-corrected chi connectivity index (χ2v) is 5.49. The molecule has 0 aliphatic heterocycles. The highest BCUT2D eigenvalue weighted by molar-refractivity contribution is 5.78. The van der Waals surface area contributed by atoms with Gasteiger partial charge in [0.25, 0.3) is 0 Å². The van der Waals surface area contributed by atoms with Crippen LogP contribution in [0, 0.1) is 0 Å². The van der Waals surface area contributed by atoms with Crippen molar-refractivity contribution in [3.63, 3.8) is 0 Å². The van der Waals surface area contributed by atoms with Crippen LogP contribution in [0.15, 0.2) is 24.3 Å². The summed E-state index contributed by atoms with van der Waals surface area (Å²) in [6.07, 6.45) is -0.330. The molecule has 4 nitrogen and oxygen atoms in total. The van der Waals surface area contributed by atoms with Crippen LogP contribution in [-0.2, 0) is 11.2 Å². The number of hydrogen-bond acceptors (Lipinski definition) is 4. The van der Waals surface area contributed by atoms with Crippen LogP contribution in [0.5, 0.6) is 5.75 Å². The monoisotopic (exact) mass is 278 g/mol. The molecule has 0 aliphatic rings. The summed E-state index contributed by atoms with van der Waals surface area (Å²) < 4.78 is 5.48. The molecule has 0 aromatic heterocycles. The molecule has 1 aromatic rings. The predicted octanol–water partition coefficient (Wildman–Crippen LogP) is 1.27. The molecular formula is C16H24NO3-. The van der Waals surface area contributed by atoms with Crippen molar-refractivity contribution in [2.24, 2.45) is 0 Å². The van der Waals surface area contributed by atoms with Crippen molar-refractivity contribution < 1.29 is 14.6 Å². The van der Waals surface area contributed by atoms with Gasteiger partial charge in [0.2, 0.25) is 0 Å². The minimum Gasteiger partial charge on any atom is -0.849 e. The number of nitrogens with zero attached hydrogens (tertiary/aromatic N) is 1. The Kier molecular flexibility index (Phi) is 6.68. The Hall–Kier alpha value is -1.39. The molecule has 0 aliphatic carbocycles. The summed E-state index contributed by atoms with van der Waals surface area (Å²) in [6, 6.07) is 7.68. The topological polar surface area (TPSA) is 52.6 Å². The molecule has 0 saturated heterocycles. The normalized spacial score (nSPS) is 12.8. The van der Waals surface area contributed by atoms with E-state index in [0.717, 1.165) is 5.56 Å². The standard InChI is InChI=1S/C16H24NO3/c1-12(2)17(4)10-15(19)11-20-16-7-5-14(6-8-16)9-13(3)18/h5-8,12,15H,9-11H2,1-4H3/q-1. The highest BCUT2D eigenvalue weighted by atomic mass is 16.5. The SMILES string of the molecule is CC(=O)Cc1ccc(OCC([O-])CN(C)C(C)C)cc1. The lowest BCUT2D eigenvalue weighted by Crippen LogP contribution is -2.44. The number of ketones is 1. The average molecular weight is 278 g/mol. The Morgan fingerprint density at radius 3 is 2.40 bits per heavy atom. The number of Topliss-reactive ketones (excluding diaryl/α,β-unsaturated/α-hetero) is 1. The lowest BCUT2D eigenvalue weighted by Gasteiger charge is -2.30. The number of ether oxygens (including phenoxy) is 1. The minimum absolute atomic E-state index is 0.134. The molecule has 0 N–H and O–H groups in total. The number of hydrogen-bond donors (Lipinski definition) is 0. The quantitative estimate of drug-likeness (QED) is 0.718. The molecule has 1 atom stereocenters. The summed E-state index contributed by atoms with van der Waals surface area (Å²) in [7, 11) is 1.94. The first-order chi connectivity index (χ1) is 9.38. The summed E-state index contributed by atoms with van der Waals surface area (Å²) in [5.41, 5.74) is 0.961. The van der Waals surface area contributed by atoms with Gasteiger partial charge in [-0.25, -0.2) is 0 Å². The zero-order chi connectivity index (χ0) is 15.1. The van der Waals surface area contributed by atoms with Crippen LogP contribution in [-0.4, -0.2) is 43.0 Å². The van der Waals surface area contributed by atoms with Gasteiger partial charge in [0.1, 0.15) is 11.5 Å². The van der Waals surface area contributed by atoms with E-state index in [4.69, 9.17) is 4.74 Å². The Morgan fingerprint density at radius 2 is 1.90 bits per heavy atom. The van der Waals surface area contributed by atoms with Gasteiger partial charge < -0.3 is 14.7 Å². The Morgan fingerprint density at radius 1 is 1.30 bits per heavy atom. The van der Waals surface area contributed by atoms with Gasteiger partial charge in [-0.1, -0.05) is 18.2 Å². The summed E-state index contributed by atoms with van der Waals surface area (Å²) in [6.45, 7) is 6.31. The smallest absolute Gasteiger partial charge is 0.134 e. The molecule has 1 unspecified atom stereocenters. The van der Waals surface area contributed by atoms with E-state index in [-0.39, 0.29) is 12.4 Å². The summed E-state index contributed by atoms with van der Waals surface area (Å²) in [5, 5.41) is 11.8. The van der Waals surface area contributed by atoms with Crippen LogP contribution >= 0.6 is 0 Å².